The van der Waals surface area contributed by atoms with E-state index in [1.807, 2.05) is 6.92 Å². The fraction of sp³-hybridized carbons (Fsp3) is 0.583. The second-order valence-corrected chi connectivity index (χ2v) is 4.86. The molecule has 1 heterocycles. The average molecular weight is 236 g/mol. The zero-order chi connectivity index (χ0) is 12.9. The molecule has 0 aromatic carbocycles. The second-order valence-electron chi connectivity index (χ2n) is 4.86. The van der Waals surface area contributed by atoms with E-state index in [2.05, 4.69) is 41.4 Å². The molecule has 5 heteroatoms. The molecule has 0 atom stereocenters. The summed E-state index contributed by atoms with van der Waals surface area (Å²) in [6, 6.07) is -0.170. The average Bonchev–Trinajstić information content (AvgIpc) is 2.26. The molecule has 0 spiro atoms. The maximum Gasteiger partial charge on any atom is 0.315 e. The van der Waals surface area contributed by atoms with Crippen molar-refractivity contribution >= 4 is 6.03 Å². The third-order valence-corrected chi connectivity index (χ3v) is 2.28. The number of amides is 2. The summed E-state index contributed by atoms with van der Waals surface area (Å²) in [5, 5.41) is 5.47. The van der Waals surface area contributed by atoms with E-state index >= 15 is 0 Å². The molecule has 0 saturated carbocycles. The fourth-order valence-electron chi connectivity index (χ4n) is 1.56. The summed E-state index contributed by atoms with van der Waals surface area (Å²) < 4.78 is 0. The number of nitrogens with one attached hydrogen (secondary N) is 2. The summed E-state index contributed by atoms with van der Waals surface area (Å²) in [4.78, 5) is 19.6. The maximum absolute atomic E-state index is 11.3. The quantitative estimate of drug-likeness (QED) is 0.837. The number of rotatable bonds is 3. The Morgan fingerprint density at radius 2 is 2.06 bits per heavy atom. The number of hydrogen-bond acceptors (Lipinski definition) is 3. The van der Waals surface area contributed by atoms with Gasteiger partial charge in [0.1, 0.15) is 6.33 Å². The molecule has 17 heavy (non-hydrogen) atoms. The second kappa shape index (κ2) is 5.61. The van der Waals surface area contributed by atoms with Gasteiger partial charge in [-0.25, -0.2) is 14.8 Å². The lowest BCUT2D eigenvalue weighted by molar-refractivity contribution is 0.241. The predicted molar refractivity (Wildman–Crippen MR) is 66.6 cm³/mol. The van der Waals surface area contributed by atoms with Crippen molar-refractivity contribution in [3.05, 3.63) is 23.8 Å². The van der Waals surface area contributed by atoms with E-state index in [4.69, 9.17) is 0 Å². The van der Waals surface area contributed by atoms with Crippen LogP contribution in [0.5, 0.6) is 0 Å². The molecule has 0 radical (unpaired) electrons. The number of nitrogens with zero attached hydrogens (tertiary/aromatic N) is 2. The summed E-state index contributed by atoms with van der Waals surface area (Å²) in [7, 11) is 0. The van der Waals surface area contributed by atoms with Crippen LogP contribution in [0.15, 0.2) is 12.5 Å². The fourth-order valence-corrected chi connectivity index (χ4v) is 1.56. The minimum Gasteiger partial charge on any atom is -0.338 e. The number of carbonyl (C=O) groups is 1. The van der Waals surface area contributed by atoms with Gasteiger partial charge in [-0.15, -0.1) is 0 Å². The highest BCUT2D eigenvalue weighted by Gasteiger charge is 2.19. The summed E-state index contributed by atoms with van der Waals surface area (Å²) >= 11 is 0. The minimum atomic E-state index is -0.170. The van der Waals surface area contributed by atoms with Gasteiger partial charge in [-0.2, -0.15) is 0 Å². The molecule has 5 nitrogen and oxygen atoms in total. The third kappa shape index (κ3) is 4.01. The van der Waals surface area contributed by atoms with Gasteiger partial charge in [0.05, 0.1) is 5.69 Å². The molecule has 2 N–H and O–H groups in total. The van der Waals surface area contributed by atoms with Gasteiger partial charge in [0.2, 0.25) is 0 Å². The van der Waals surface area contributed by atoms with E-state index in [9.17, 15) is 4.79 Å². The lowest BCUT2D eigenvalue weighted by Gasteiger charge is -2.20. The van der Waals surface area contributed by atoms with Gasteiger partial charge < -0.3 is 10.6 Å². The number of urea groups is 1. The Labute approximate surface area is 102 Å². The normalized spacial score (nSPS) is 11.1. The zero-order valence-corrected chi connectivity index (χ0v) is 10.9. The highest BCUT2D eigenvalue weighted by atomic mass is 16.2. The van der Waals surface area contributed by atoms with Crippen LogP contribution in [0.2, 0.25) is 0 Å². The van der Waals surface area contributed by atoms with E-state index < -0.39 is 0 Å². The topological polar surface area (TPSA) is 66.9 Å². The first-order chi connectivity index (χ1) is 7.95. The Balaban J connectivity index is 2.74. The van der Waals surface area contributed by atoms with Gasteiger partial charge in [0.15, 0.2) is 0 Å². The first kappa shape index (κ1) is 13.4. The SMILES string of the molecule is CCNC(=O)NCc1cncnc1C(C)(C)C. The summed E-state index contributed by atoms with van der Waals surface area (Å²) in [6.45, 7) is 9.20. The van der Waals surface area contributed by atoms with E-state index in [1.54, 1.807) is 6.20 Å². The van der Waals surface area contributed by atoms with Crippen molar-refractivity contribution < 1.29 is 4.79 Å². The van der Waals surface area contributed by atoms with E-state index in [-0.39, 0.29) is 11.4 Å². The van der Waals surface area contributed by atoms with Gasteiger partial charge in [0.25, 0.3) is 0 Å². The number of aromatic nitrogens is 2. The molecule has 2 amide bonds. The van der Waals surface area contributed by atoms with Crippen LogP contribution in [-0.4, -0.2) is 22.5 Å². The van der Waals surface area contributed by atoms with Gasteiger partial charge in [-0.1, -0.05) is 20.8 Å². The molecular formula is C12H20N4O. The molecule has 0 bridgehead atoms. The summed E-state index contributed by atoms with van der Waals surface area (Å²) in [6.07, 6.45) is 3.29. The maximum atomic E-state index is 11.3. The molecule has 0 aliphatic rings. The Morgan fingerprint density at radius 3 is 2.65 bits per heavy atom. The third-order valence-electron chi connectivity index (χ3n) is 2.28. The molecule has 0 fully saturated rings. The Hall–Kier alpha value is -1.65. The molecule has 1 rings (SSSR count). The number of carbonyl (C=O) groups excluding carboxylic acids is 1. The van der Waals surface area contributed by atoms with Crippen molar-refractivity contribution in [3.63, 3.8) is 0 Å². The van der Waals surface area contributed by atoms with Gasteiger partial charge in [0, 0.05) is 30.3 Å². The van der Waals surface area contributed by atoms with Crippen LogP contribution >= 0.6 is 0 Å². The molecule has 0 aliphatic carbocycles. The van der Waals surface area contributed by atoms with E-state index in [0.29, 0.717) is 13.1 Å². The zero-order valence-electron chi connectivity index (χ0n) is 10.9. The predicted octanol–water partition coefficient (Wildman–Crippen LogP) is 1.59. The summed E-state index contributed by atoms with van der Waals surface area (Å²) in [5.41, 5.74) is 1.86. The highest BCUT2D eigenvalue weighted by molar-refractivity contribution is 5.73. The van der Waals surface area contributed by atoms with Crippen LogP contribution in [0.4, 0.5) is 4.79 Å². The van der Waals surface area contributed by atoms with Crippen LogP contribution in [0.1, 0.15) is 39.0 Å². The first-order valence-corrected chi connectivity index (χ1v) is 5.76. The molecule has 0 aliphatic heterocycles. The van der Waals surface area contributed by atoms with Crippen LogP contribution in [0, 0.1) is 0 Å². The molecular weight excluding hydrogens is 216 g/mol. The van der Waals surface area contributed by atoms with Crippen molar-refractivity contribution in [2.45, 2.75) is 39.7 Å². The first-order valence-electron chi connectivity index (χ1n) is 5.76. The Kier molecular flexibility index (Phi) is 4.43. The lowest BCUT2D eigenvalue weighted by atomic mass is 9.89. The van der Waals surface area contributed by atoms with Crippen LogP contribution < -0.4 is 10.6 Å². The smallest absolute Gasteiger partial charge is 0.315 e. The largest absolute Gasteiger partial charge is 0.338 e. The van der Waals surface area contributed by atoms with Crippen LogP contribution in [0.3, 0.4) is 0 Å². The molecule has 0 saturated heterocycles. The van der Waals surface area contributed by atoms with Gasteiger partial charge >= 0.3 is 6.03 Å². The van der Waals surface area contributed by atoms with Gasteiger partial charge in [-0.3, -0.25) is 0 Å². The Bertz CT molecular complexity index is 384. The molecule has 0 unspecified atom stereocenters. The van der Waals surface area contributed by atoms with Crippen molar-refractivity contribution in [1.82, 2.24) is 20.6 Å². The van der Waals surface area contributed by atoms with E-state index in [0.717, 1.165) is 11.3 Å². The van der Waals surface area contributed by atoms with Crippen molar-refractivity contribution in [3.8, 4) is 0 Å². The lowest BCUT2D eigenvalue weighted by Crippen LogP contribution is -2.35. The van der Waals surface area contributed by atoms with Gasteiger partial charge in [-0.05, 0) is 6.92 Å². The van der Waals surface area contributed by atoms with Crippen molar-refractivity contribution in [2.75, 3.05) is 6.54 Å². The summed E-state index contributed by atoms with van der Waals surface area (Å²) in [5.74, 6) is 0. The molecule has 1 aromatic heterocycles. The minimum absolute atomic E-state index is 0.0544. The van der Waals surface area contributed by atoms with Crippen molar-refractivity contribution in [1.29, 1.82) is 0 Å². The standard InChI is InChI=1S/C12H20N4O/c1-5-14-11(17)15-7-9-6-13-8-16-10(9)12(2,3)4/h6,8H,5,7H2,1-4H3,(H2,14,15,17). The van der Waals surface area contributed by atoms with Crippen molar-refractivity contribution in [2.24, 2.45) is 0 Å². The van der Waals surface area contributed by atoms with E-state index in [1.165, 1.54) is 6.33 Å². The molecule has 94 valence electrons. The monoisotopic (exact) mass is 236 g/mol. The molecule has 1 aromatic rings. The van der Waals surface area contributed by atoms with Crippen LogP contribution in [-0.2, 0) is 12.0 Å². The Morgan fingerprint density at radius 1 is 1.35 bits per heavy atom. The number of hydrogen-bond donors (Lipinski definition) is 2. The highest BCUT2D eigenvalue weighted by Crippen LogP contribution is 2.22. The van der Waals surface area contributed by atoms with Crippen LogP contribution in [0.25, 0.3) is 0 Å².